The third kappa shape index (κ3) is 3.65. The number of nitrogens with zero attached hydrogens (tertiary/aromatic N) is 1. The van der Waals surface area contributed by atoms with E-state index in [9.17, 15) is 0 Å². The first-order valence-corrected chi connectivity index (χ1v) is 10.4. The molecule has 26 heavy (non-hydrogen) atoms. The molecule has 0 saturated carbocycles. The average molecular weight is 469 g/mol. The molecule has 0 unspecified atom stereocenters. The van der Waals surface area contributed by atoms with Crippen molar-refractivity contribution in [2.75, 3.05) is 4.90 Å². The van der Waals surface area contributed by atoms with E-state index in [1.54, 1.807) is 0 Å². The van der Waals surface area contributed by atoms with Gasteiger partial charge in [0.1, 0.15) is 0 Å². The van der Waals surface area contributed by atoms with Crippen LogP contribution >= 0.6 is 31.9 Å². The van der Waals surface area contributed by atoms with Crippen LogP contribution in [0.4, 0.5) is 11.4 Å². The smallest absolute Gasteiger partial charge is 0.0533 e. The molecule has 0 fully saturated rings. The Hall–Kier alpha value is -1.84. The SMILES string of the molecule is BrC1=CCC(N(c2cccc(Br)c2)c2ccccc2C2=CC=CCC2)=C1. The van der Waals surface area contributed by atoms with Crippen LogP contribution in [0.5, 0.6) is 0 Å². The second kappa shape index (κ2) is 7.81. The lowest BCUT2D eigenvalue weighted by molar-refractivity contribution is 1.04. The minimum absolute atomic E-state index is 0.917. The van der Waals surface area contributed by atoms with E-state index in [0.717, 1.165) is 28.2 Å². The van der Waals surface area contributed by atoms with Gasteiger partial charge in [-0.1, -0.05) is 80.4 Å². The Morgan fingerprint density at radius 3 is 2.58 bits per heavy atom. The number of benzene rings is 2. The molecule has 2 aromatic rings. The summed E-state index contributed by atoms with van der Waals surface area (Å²) in [6.07, 6.45) is 14.2. The third-order valence-corrected chi connectivity index (χ3v) is 5.71. The predicted molar refractivity (Wildman–Crippen MR) is 119 cm³/mol. The van der Waals surface area contributed by atoms with Crippen LogP contribution in [0.2, 0.25) is 0 Å². The fourth-order valence-electron chi connectivity index (χ4n) is 3.48. The van der Waals surface area contributed by atoms with Gasteiger partial charge in [0.2, 0.25) is 0 Å². The van der Waals surface area contributed by atoms with Crippen LogP contribution in [0, 0.1) is 0 Å². The highest BCUT2D eigenvalue weighted by atomic mass is 79.9. The summed E-state index contributed by atoms with van der Waals surface area (Å²) in [4.78, 5) is 2.38. The number of anilines is 2. The molecule has 0 atom stereocenters. The lowest BCUT2D eigenvalue weighted by Crippen LogP contribution is -2.17. The van der Waals surface area contributed by atoms with Gasteiger partial charge in [0.25, 0.3) is 0 Å². The van der Waals surface area contributed by atoms with Crippen molar-refractivity contribution in [1.82, 2.24) is 0 Å². The lowest BCUT2D eigenvalue weighted by Gasteiger charge is -2.29. The van der Waals surface area contributed by atoms with Crippen LogP contribution in [0.3, 0.4) is 0 Å². The molecule has 0 saturated heterocycles. The predicted octanol–water partition coefficient (Wildman–Crippen LogP) is 7.89. The van der Waals surface area contributed by atoms with Crippen LogP contribution in [-0.4, -0.2) is 0 Å². The number of hydrogen-bond acceptors (Lipinski definition) is 1. The number of rotatable bonds is 4. The molecule has 3 heteroatoms. The van der Waals surface area contributed by atoms with Crippen LogP contribution < -0.4 is 4.90 Å². The summed E-state index contributed by atoms with van der Waals surface area (Å²) in [5, 5.41) is 0. The highest BCUT2D eigenvalue weighted by Crippen LogP contribution is 2.41. The van der Waals surface area contributed by atoms with Gasteiger partial charge in [0.05, 0.1) is 5.69 Å². The Labute approximate surface area is 171 Å². The first-order chi connectivity index (χ1) is 12.7. The Balaban J connectivity index is 1.87. The standard InChI is InChI=1S/C23H19Br2N/c24-18-9-6-10-20(15-18)26(21-14-13-19(25)16-21)23-12-5-4-11-22(23)17-7-2-1-3-8-17/h1-2,4-7,9-13,15-16H,3,8,14H2. The van der Waals surface area contributed by atoms with Crippen molar-refractivity contribution in [2.24, 2.45) is 0 Å². The molecule has 0 N–H and O–H groups in total. The highest BCUT2D eigenvalue weighted by Gasteiger charge is 2.21. The van der Waals surface area contributed by atoms with E-state index in [1.807, 2.05) is 0 Å². The van der Waals surface area contributed by atoms with E-state index in [-0.39, 0.29) is 0 Å². The van der Waals surface area contributed by atoms with Gasteiger partial charge >= 0.3 is 0 Å². The molecular weight excluding hydrogens is 450 g/mol. The van der Waals surface area contributed by atoms with E-state index in [2.05, 4.69) is 116 Å². The van der Waals surface area contributed by atoms with Gasteiger partial charge in [0, 0.05) is 32.3 Å². The highest BCUT2D eigenvalue weighted by molar-refractivity contribution is 9.12. The molecular formula is C23H19Br2N. The van der Waals surface area contributed by atoms with Crippen molar-refractivity contribution in [3.63, 3.8) is 0 Å². The lowest BCUT2D eigenvalue weighted by atomic mass is 9.95. The average Bonchev–Trinajstić information content (AvgIpc) is 3.09. The Kier molecular flexibility index (Phi) is 5.28. The van der Waals surface area contributed by atoms with Crippen LogP contribution in [0.25, 0.3) is 5.57 Å². The normalized spacial score (nSPS) is 16.2. The molecule has 1 nitrogen and oxygen atoms in total. The molecule has 0 aromatic heterocycles. The summed E-state index contributed by atoms with van der Waals surface area (Å²) < 4.78 is 2.23. The number of para-hydroxylation sites is 1. The van der Waals surface area contributed by atoms with E-state index < -0.39 is 0 Å². The summed E-state index contributed by atoms with van der Waals surface area (Å²) in [5.41, 5.74) is 6.37. The van der Waals surface area contributed by atoms with Crippen molar-refractivity contribution < 1.29 is 0 Å². The second-order valence-electron chi connectivity index (χ2n) is 6.42. The molecule has 0 heterocycles. The van der Waals surface area contributed by atoms with Gasteiger partial charge < -0.3 is 4.90 Å². The van der Waals surface area contributed by atoms with Gasteiger partial charge in [0.15, 0.2) is 0 Å². The van der Waals surface area contributed by atoms with Crippen molar-refractivity contribution in [3.05, 3.63) is 99.1 Å². The molecule has 0 radical (unpaired) electrons. The Morgan fingerprint density at radius 1 is 0.962 bits per heavy atom. The molecule has 2 aliphatic carbocycles. The molecule has 2 aromatic carbocycles. The summed E-state index contributed by atoms with van der Waals surface area (Å²) in [7, 11) is 0. The van der Waals surface area contributed by atoms with Gasteiger partial charge in [-0.05, 0) is 48.8 Å². The quantitative estimate of drug-likeness (QED) is 0.440. The zero-order chi connectivity index (χ0) is 17.9. The van der Waals surface area contributed by atoms with E-state index in [4.69, 9.17) is 0 Å². The fraction of sp³-hybridized carbons (Fsp3) is 0.130. The summed E-state index contributed by atoms with van der Waals surface area (Å²) in [5.74, 6) is 0. The molecule has 130 valence electrons. The van der Waals surface area contributed by atoms with Gasteiger partial charge in [-0.3, -0.25) is 0 Å². The molecule has 0 amide bonds. The maximum Gasteiger partial charge on any atom is 0.0533 e. The molecule has 0 aliphatic heterocycles. The van der Waals surface area contributed by atoms with Gasteiger partial charge in [-0.15, -0.1) is 0 Å². The van der Waals surface area contributed by atoms with Crippen LogP contribution in [-0.2, 0) is 0 Å². The monoisotopic (exact) mass is 467 g/mol. The van der Waals surface area contributed by atoms with Crippen molar-refractivity contribution in [2.45, 2.75) is 19.3 Å². The molecule has 0 bridgehead atoms. The second-order valence-corrected chi connectivity index (χ2v) is 8.25. The minimum Gasteiger partial charge on any atom is -0.313 e. The van der Waals surface area contributed by atoms with Gasteiger partial charge in [-0.25, -0.2) is 0 Å². The third-order valence-electron chi connectivity index (χ3n) is 4.67. The first-order valence-electron chi connectivity index (χ1n) is 8.79. The number of allylic oxidation sites excluding steroid dienone is 7. The van der Waals surface area contributed by atoms with E-state index >= 15 is 0 Å². The maximum atomic E-state index is 3.63. The molecule has 0 spiro atoms. The largest absolute Gasteiger partial charge is 0.313 e. The zero-order valence-corrected chi connectivity index (χ0v) is 17.5. The topological polar surface area (TPSA) is 3.24 Å². The van der Waals surface area contributed by atoms with E-state index in [0.29, 0.717) is 0 Å². The first kappa shape index (κ1) is 17.6. The fourth-order valence-corrected chi connectivity index (χ4v) is 4.29. The van der Waals surface area contributed by atoms with Crippen molar-refractivity contribution >= 4 is 48.8 Å². The number of halogens is 2. The Morgan fingerprint density at radius 2 is 1.85 bits per heavy atom. The molecule has 4 rings (SSSR count). The van der Waals surface area contributed by atoms with Gasteiger partial charge in [-0.2, -0.15) is 0 Å². The zero-order valence-electron chi connectivity index (χ0n) is 14.3. The summed E-state index contributed by atoms with van der Waals surface area (Å²) in [6.45, 7) is 0. The van der Waals surface area contributed by atoms with Crippen LogP contribution in [0.1, 0.15) is 24.8 Å². The summed E-state index contributed by atoms with van der Waals surface area (Å²) >= 11 is 7.26. The Bertz CT molecular complexity index is 950. The van der Waals surface area contributed by atoms with Crippen LogP contribution in [0.15, 0.2) is 93.6 Å². The van der Waals surface area contributed by atoms with E-state index in [1.165, 1.54) is 28.2 Å². The van der Waals surface area contributed by atoms with Crippen molar-refractivity contribution in [1.29, 1.82) is 0 Å². The molecule has 2 aliphatic rings. The minimum atomic E-state index is 0.917. The maximum absolute atomic E-state index is 3.63. The van der Waals surface area contributed by atoms with Crippen molar-refractivity contribution in [3.8, 4) is 0 Å². The number of hydrogen-bond donors (Lipinski definition) is 0. The summed E-state index contributed by atoms with van der Waals surface area (Å²) in [6, 6.07) is 17.2.